The summed E-state index contributed by atoms with van der Waals surface area (Å²) in [5.74, 6) is -0.287. The first-order chi connectivity index (χ1) is 18.1. The number of aromatic nitrogens is 2. The van der Waals surface area contributed by atoms with E-state index in [1.54, 1.807) is 0 Å². The summed E-state index contributed by atoms with van der Waals surface area (Å²) in [4.78, 5) is 24.0. The lowest BCUT2D eigenvalue weighted by molar-refractivity contribution is 0.103. The number of nitrogen functional groups attached to an aromatic ring is 1. The van der Waals surface area contributed by atoms with Gasteiger partial charge >= 0.3 is 0 Å². The molecule has 0 unspecified atom stereocenters. The summed E-state index contributed by atoms with van der Waals surface area (Å²) >= 11 is 2.69. The van der Waals surface area contributed by atoms with Crippen molar-refractivity contribution in [2.45, 2.75) is 6.92 Å². The minimum absolute atomic E-state index is 0.287. The maximum Gasteiger partial charge on any atom is 0.269 e. The normalized spacial score (nSPS) is 11.1. The number of thiazole rings is 1. The molecule has 3 N–H and O–H groups in total. The molecule has 5 nitrogen and oxygen atoms in total. The number of fused-ring (bicyclic) bond motifs is 1. The minimum atomic E-state index is -0.287. The fourth-order valence-corrected chi connectivity index (χ4v) is 5.96. The number of hydrogen-bond donors (Lipinski definition) is 2. The van der Waals surface area contributed by atoms with Crippen LogP contribution in [0.4, 0.5) is 10.8 Å². The van der Waals surface area contributed by atoms with Crippen molar-refractivity contribution < 1.29 is 4.79 Å². The minimum Gasteiger partial charge on any atom is -0.397 e. The van der Waals surface area contributed by atoms with Gasteiger partial charge in [0.25, 0.3) is 5.91 Å². The molecular formula is C30H22N4OS2. The number of pyridine rings is 1. The van der Waals surface area contributed by atoms with Crippen molar-refractivity contribution in [3.63, 3.8) is 0 Å². The van der Waals surface area contributed by atoms with Gasteiger partial charge in [0.2, 0.25) is 0 Å². The lowest BCUT2D eigenvalue weighted by Crippen LogP contribution is -2.11. The van der Waals surface area contributed by atoms with Gasteiger partial charge in [0.1, 0.15) is 9.71 Å². The second kappa shape index (κ2) is 9.61. The van der Waals surface area contributed by atoms with Gasteiger partial charge in [-0.2, -0.15) is 0 Å². The quantitative estimate of drug-likeness (QED) is 0.243. The number of amides is 1. The van der Waals surface area contributed by atoms with Crippen molar-refractivity contribution in [2.24, 2.45) is 0 Å². The van der Waals surface area contributed by atoms with E-state index in [4.69, 9.17) is 10.7 Å². The zero-order valence-corrected chi connectivity index (χ0v) is 21.6. The highest BCUT2D eigenvalue weighted by atomic mass is 32.1. The van der Waals surface area contributed by atoms with Gasteiger partial charge in [-0.15, -0.1) is 22.7 Å². The van der Waals surface area contributed by atoms with Crippen LogP contribution in [0, 0.1) is 6.92 Å². The van der Waals surface area contributed by atoms with E-state index in [0.717, 1.165) is 43.9 Å². The lowest BCUT2D eigenvalue weighted by atomic mass is 9.99. The van der Waals surface area contributed by atoms with Crippen molar-refractivity contribution in [1.82, 2.24) is 9.97 Å². The molecule has 0 saturated heterocycles. The highest BCUT2D eigenvalue weighted by Crippen LogP contribution is 2.41. The standard InChI is InChI=1S/C30H22N4OS2/c1-18-12-14-21(15-13-18)23-16-22(19-8-4-2-5-9-19)25-26(31)27(37-29(25)32-23)28(35)34-30-33-24(17-36-30)20-10-6-3-7-11-20/h2-17H,31H2,1H3,(H,33,34,35). The number of carbonyl (C=O) groups is 1. The predicted octanol–water partition coefficient (Wildman–Crippen LogP) is 7.90. The molecule has 6 rings (SSSR count). The number of carbonyl (C=O) groups excluding carboxylic acids is 1. The number of rotatable bonds is 5. The molecule has 180 valence electrons. The van der Waals surface area contributed by atoms with Crippen LogP contribution in [-0.4, -0.2) is 15.9 Å². The van der Waals surface area contributed by atoms with E-state index in [1.807, 2.05) is 66.0 Å². The van der Waals surface area contributed by atoms with Gasteiger partial charge in [0.05, 0.1) is 17.1 Å². The molecule has 0 saturated carbocycles. The molecule has 0 aliphatic rings. The van der Waals surface area contributed by atoms with Crippen molar-refractivity contribution in [3.8, 4) is 33.6 Å². The van der Waals surface area contributed by atoms with Gasteiger partial charge < -0.3 is 5.73 Å². The third kappa shape index (κ3) is 4.50. The first-order valence-electron chi connectivity index (χ1n) is 11.7. The smallest absolute Gasteiger partial charge is 0.269 e. The van der Waals surface area contributed by atoms with E-state index < -0.39 is 0 Å². The second-order valence-electron chi connectivity index (χ2n) is 8.67. The van der Waals surface area contributed by atoms with Crippen LogP contribution in [0.1, 0.15) is 15.2 Å². The molecule has 0 bridgehead atoms. The van der Waals surface area contributed by atoms with E-state index >= 15 is 0 Å². The molecule has 3 aromatic carbocycles. The van der Waals surface area contributed by atoms with Crippen molar-refractivity contribution in [1.29, 1.82) is 0 Å². The summed E-state index contributed by atoms with van der Waals surface area (Å²) in [7, 11) is 0. The van der Waals surface area contributed by atoms with Crippen molar-refractivity contribution in [2.75, 3.05) is 11.1 Å². The topological polar surface area (TPSA) is 80.9 Å². The summed E-state index contributed by atoms with van der Waals surface area (Å²) in [6, 6.07) is 30.3. The highest BCUT2D eigenvalue weighted by molar-refractivity contribution is 7.21. The summed E-state index contributed by atoms with van der Waals surface area (Å²) in [6.07, 6.45) is 0. The Hall–Kier alpha value is -4.33. The number of thiophene rings is 1. The summed E-state index contributed by atoms with van der Waals surface area (Å²) in [5, 5.41) is 6.18. The first kappa shape index (κ1) is 23.1. The highest BCUT2D eigenvalue weighted by Gasteiger charge is 2.22. The van der Waals surface area contributed by atoms with E-state index in [0.29, 0.717) is 15.7 Å². The number of hydrogen-bond acceptors (Lipinski definition) is 6. The first-order valence-corrected chi connectivity index (χ1v) is 13.4. The third-order valence-corrected chi connectivity index (χ3v) is 7.99. The Balaban J connectivity index is 1.41. The van der Waals surface area contributed by atoms with Gasteiger partial charge in [-0.1, -0.05) is 90.5 Å². The van der Waals surface area contributed by atoms with Gasteiger partial charge in [-0.3, -0.25) is 10.1 Å². The predicted molar refractivity (Wildman–Crippen MR) is 155 cm³/mol. The Morgan fingerprint density at radius 1 is 0.811 bits per heavy atom. The molecule has 37 heavy (non-hydrogen) atoms. The van der Waals surface area contributed by atoms with Crippen LogP contribution in [0.2, 0.25) is 0 Å². The average molecular weight is 519 g/mol. The van der Waals surface area contributed by atoms with Crippen LogP contribution < -0.4 is 11.1 Å². The second-order valence-corrected chi connectivity index (χ2v) is 10.5. The zero-order chi connectivity index (χ0) is 25.4. The fraction of sp³-hybridized carbons (Fsp3) is 0.0333. The van der Waals surface area contributed by atoms with E-state index in [1.165, 1.54) is 28.2 Å². The Morgan fingerprint density at radius 2 is 1.46 bits per heavy atom. The maximum absolute atomic E-state index is 13.3. The number of nitrogens with zero attached hydrogens (tertiary/aromatic N) is 2. The molecule has 3 heterocycles. The van der Waals surface area contributed by atoms with Crippen LogP contribution in [0.3, 0.4) is 0 Å². The van der Waals surface area contributed by atoms with Gasteiger partial charge in [0, 0.05) is 21.9 Å². The molecule has 0 aliphatic carbocycles. The average Bonchev–Trinajstić information content (AvgIpc) is 3.54. The Morgan fingerprint density at radius 3 is 2.16 bits per heavy atom. The molecular weight excluding hydrogens is 496 g/mol. The van der Waals surface area contributed by atoms with Gasteiger partial charge in [-0.25, -0.2) is 9.97 Å². The monoisotopic (exact) mass is 518 g/mol. The largest absolute Gasteiger partial charge is 0.397 e. The Bertz CT molecular complexity index is 1720. The summed E-state index contributed by atoms with van der Waals surface area (Å²) in [6.45, 7) is 2.06. The van der Waals surface area contributed by atoms with Gasteiger partial charge in [0.15, 0.2) is 5.13 Å². The summed E-state index contributed by atoms with van der Waals surface area (Å²) < 4.78 is 0. The molecule has 0 radical (unpaired) electrons. The molecule has 7 heteroatoms. The zero-order valence-electron chi connectivity index (χ0n) is 19.9. The molecule has 1 amide bonds. The van der Waals surface area contributed by atoms with E-state index in [2.05, 4.69) is 47.6 Å². The third-order valence-electron chi connectivity index (χ3n) is 6.13. The van der Waals surface area contributed by atoms with E-state index in [-0.39, 0.29) is 5.91 Å². The van der Waals surface area contributed by atoms with Gasteiger partial charge in [-0.05, 0) is 24.1 Å². The number of nitrogens with one attached hydrogen (secondary N) is 1. The molecule has 6 aromatic rings. The lowest BCUT2D eigenvalue weighted by Gasteiger charge is -2.09. The van der Waals surface area contributed by atoms with Crippen LogP contribution in [-0.2, 0) is 0 Å². The van der Waals surface area contributed by atoms with Crippen LogP contribution in [0.5, 0.6) is 0 Å². The van der Waals surface area contributed by atoms with Crippen LogP contribution in [0.15, 0.2) is 96.4 Å². The molecule has 0 spiro atoms. The van der Waals surface area contributed by atoms with Crippen LogP contribution >= 0.6 is 22.7 Å². The SMILES string of the molecule is Cc1ccc(-c2cc(-c3ccccc3)c3c(N)c(C(=O)Nc4nc(-c5ccccc5)cs4)sc3n2)cc1. The Kier molecular flexibility index (Phi) is 6.00. The van der Waals surface area contributed by atoms with Crippen LogP contribution in [0.25, 0.3) is 43.9 Å². The number of nitrogens with two attached hydrogens (primary N) is 1. The molecule has 3 aromatic heterocycles. The number of anilines is 2. The Labute approximate surface area is 222 Å². The summed E-state index contributed by atoms with van der Waals surface area (Å²) in [5.41, 5.74) is 13.9. The fourth-order valence-electron chi connectivity index (χ4n) is 4.23. The van der Waals surface area contributed by atoms with Crippen molar-refractivity contribution >= 4 is 49.6 Å². The molecule has 0 atom stereocenters. The molecule has 0 aliphatic heterocycles. The molecule has 0 fully saturated rings. The maximum atomic E-state index is 13.3. The van der Waals surface area contributed by atoms with E-state index in [9.17, 15) is 4.79 Å². The number of benzene rings is 3. The van der Waals surface area contributed by atoms with Crippen molar-refractivity contribution in [3.05, 3.63) is 107 Å². The number of aryl methyl sites for hydroxylation is 1.